The molecule has 2 nitrogen and oxygen atoms in total. The van der Waals surface area contributed by atoms with Crippen LogP contribution in [0.2, 0.25) is 0 Å². The van der Waals surface area contributed by atoms with Crippen LogP contribution in [0.3, 0.4) is 0 Å². The number of carboxylic acids is 1. The number of hydrogen-bond donors (Lipinski definition) is 1. The summed E-state index contributed by atoms with van der Waals surface area (Å²) in [6.07, 6.45) is -5.08. The average Bonchev–Trinajstić information content (AvgIpc) is 1.31. The van der Waals surface area contributed by atoms with Crippen molar-refractivity contribution in [1.29, 1.82) is 0 Å². The number of carboxylic acid groups (broad SMARTS) is 1. The first-order valence-electron chi connectivity index (χ1n) is 1.24. The molecule has 0 rings (SSSR count). The molecule has 0 fully saturated rings. The van der Waals surface area contributed by atoms with Crippen LogP contribution in [0.15, 0.2) is 0 Å². The molecule has 0 atom stereocenters. The van der Waals surface area contributed by atoms with Gasteiger partial charge < -0.3 is 5.11 Å². The van der Waals surface area contributed by atoms with Gasteiger partial charge in [-0.3, -0.25) is 0 Å². The van der Waals surface area contributed by atoms with Gasteiger partial charge in [0.05, 0.1) is 0 Å². The van der Waals surface area contributed by atoms with E-state index in [1.54, 1.807) is 0 Å². The van der Waals surface area contributed by atoms with Crippen molar-refractivity contribution in [3.63, 3.8) is 0 Å². The summed E-state index contributed by atoms with van der Waals surface area (Å²) in [5, 5.41) is 7.12. The minimum absolute atomic E-state index is 0. The molecule has 0 amide bonds. The Hall–Kier alpha value is 0.182. The molecule has 0 aliphatic carbocycles. The third-order valence-electron chi connectivity index (χ3n) is 0.243. The largest absolute Gasteiger partial charge is 0.490 e. The van der Waals surface area contributed by atoms with Gasteiger partial charge in [0.2, 0.25) is 0 Å². The third kappa shape index (κ3) is 4.34. The van der Waals surface area contributed by atoms with Crippen LogP contribution >= 0.6 is 0 Å². The normalized spacial score (nSPS) is 9.88. The maximum absolute atomic E-state index is 10.6. The van der Waals surface area contributed by atoms with Crippen LogP contribution in [0.5, 0.6) is 0 Å². The summed E-state index contributed by atoms with van der Waals surface area (Å²) < 4.78 is 31.7. The van der Waals surface area contributed by atoms with E-state index in [9.17, 15) is 13.2 Å². The van der Waals surface area contributed by atoms with Crippen molar-refractivity contribution in [3.8, 4) is 0 Å². The van der Waals surface area contributed by atoms with Gasteiger partial charge in [-0.2, -0.15) is 13.2 Å². The molecular weight excluding hydrogens is 225 g/mol. The van der Waals surface area contributed by atoms with Gasteiger partial charge in [0.1, 0.15) is 0 Å². The number of hydrogen-bond acceptors (Lipinski definition) is 1. The number of aliphatic carboxylic acids is 1. The molecule has 0 radical (unpaired) electrons. The fourth-order valence-corrected chi connectivity index (χ4v) is 0. The number of rotatable bonds is 0. The molecule has 0 aromatic rings. The predicted molar refractivity (Wildman–Crippen MR) is 13.7 cm³/mol. The van der Waals surface area contributed by atoms with E-state index in [2.05, 4.69) is 0 Å². The molecule has 0 heterocycles. The van der Waals surface area contributed by atoms with Crippen LogP contribution in [-0.4, -0.2) is 17.3 Å². The maximum Gasteiger partial charge on any atom is 0.490 e. The first-order valence-corrected chi connectivity index (χ1v) is 1.24. The van der Waals surface area contributed by atoms with Crippen molar-refractivity contribution in [2.45, 2.75) is 6.18 Å². The Morgan fingerprint density at radius 1 is 1.38 bits per heavy atom. The molecule has 44 valence electrons. The summed E-state index contributed by atoms with van der Waals surface area (Å²) in [4.78, 5) is 8.90. The Kier molecular flexibility index (Phi) is 4.49. The molecule has 0 aromatic heterocycles. The molecule has 0 spiro atoms. The zero-order valence-corrected chi connectivity index (χ0v) is 7.73. The standard InChI is InChI=1S/C2HF3O2.Cd/c3-2(4,5)1(6)7;/h(H,6,7);. The van der Waals surface area contributed by atoms with E-state index in [-0.39, 0.29) is 27.3 Å². The summed E-state index contributed by atoms with van der Waals surface area (Å²) in [5.41, 5.74) is 0. The Labute approximate surface area is 62.8 Å². The molecule has 0 bridgehead atoms. The third-order valence-corrected chi connectivity index (χ3v) is 0.243. The second-order valence-electron chi connectivity index (χ2n) is 0.803. The zero-order valence-electron chi connectivity index (χ0n) is 3.70. The molecule has 0 saturated carbocycles. The van der Waals surface area contributed by atoms with Crippen molar-refractivity contribution in [2.75, 3.05) is 0 Å². The van der Waals surface area contributed by atoms with Crippen molar-refractivity contribution in [2.24, 2.45) is 0 Å². The molecular formula is C2HCdF3O2. The molecule has 0 aliphatic heterocycles. The van der Waals surface area contributed by atoms with Gasteiger partial charge in [0.15, 0.2) is 0 Å². The van der Waals surface area contributed by atoms with E-state index in [0.717, 1.165) is 0 Å². The van der Waals surface area contributed by atoms with E-state index in [0.29, 0.717) is 0 Å². The zero-order chi connectivity index (χ0) is 6.08. The van der Waals surface area contributed by atoms with Crippen molar-refractivity contribution >= 4 is 5.97 Å². The minimum atomic E-state index is -5.08. The molecule has 0 aliphatic rings. The van der Waals surface area contributed by atoms with Crippen LogP contribution in [0.4, 0.5) is 13.2 Å². The SMILES string of the molecule is O=C(O)C(F)(F)F.[Cd]. The summed E-state index contributed by atoms with van der Waals surface area (Å²) in [7, 11) is 0. The van der Waals surface area contributed by atoms with E-state index in [4.69, 9.17) is 9.90 Å². The van der Waals surface area contributed by atoms with Crippen molar-refractivity contribution in [3.05, 3.63) is 0 Å². The van der Waals surface area contributed by atoms with Crippen LogP contribution < -0.4 is 0 Å². The fourth-order valence-electron chi connectivity index (χ4n) is 0. The second kappa shape index (κ2) is 3.26. The van der Waals surface area contributed by atoms with Crippen LogP contribution in [0.25, 0.3) is 0 Å². The molecule has 8 heavy (non-hydrogen) atoms. The summed E-state index contributed by atoms with van der Waals surface area (Å²) in [6.45, 7) is 0. The molecule has 0 aromatic carbocycles. The van der Waals surface area contributed by atoms with Crippen molar-refractivity contribution < 1.29 is 50.4 Å². The van der Waals surface area contributed by atoms with Gasteiger partial charge in [0, 0.05) is 27.3 Å². The summed E-state index contributed by atoms with van der Waals surface area (Å²) in [6, 6.07) is 0. The monoisotopic (exact) mass is 228 g/mol. The van der Waals surface area contributed by atoms with E-state index in [1.807, 2.05) is 0 Å². The van der Waals surface area contributed by atoms with Gasteiger partial charge in [-0.05, 0) is 0 Å². The van der Waals surface area contributed by atoms with E-state index >= 15 is 0 Å². The van der Waals surface area contributed by atoms with E-state index in [1.165, 1.54) is 0 Å². The first kappa shape index (κ1) is 11.0. The Balaban J connectivity index is 0. The number of halogens is 3. The fraction of sp³-hybridized carbons (Fsp3) is 0.500. The van der Waals surface area contributed by atoms with Gasteiger partial charge in [-0.15, -0.1) is 0 Å². The first-order chi connectivity index (χ1) is 2.94. The van der Waals surface area contributed by atoms with Gasteiger partial charge in [0.25, 0.3) is 0 Å². The topological polar surface area (TPSA) is 37.3 Å². The second-order valence-corrected chi connectivity index (χ2v) is 0.803. The molecule has 6 heteroatoms. The average molecular weight is 226 g/mol. The molecule has 0 saturated heterocycles. The number of carbonyl (C=O) groups is 1. The van der Waals surface area contributed by atoms with Crippen LogP contribution in [0, 0.1) is 0 Å². The van der Waals surface area contributed by atoms with Crippen molar-refractivity contribution in [1.82, 2.24) is 0 Å². The minimum Gasteiger partial charge on any atom is -0.475 e. The Bertz CT molecular complexity index is 87.8. The Morgan fingerprint density at radius 2 is 1.50 bits per heavy atom. The van der Waals surface area contributed by atoms with E-state index < -0.39 is 12.1 Å². The maximum atomic E-state index is 10.6. The smallest absolute Gasteiger partial charge is 0.475 e. The Morgan fingerprint density at radius 3 is 1.50 bits per heavy atom. The summed E-state index contributed by atoms with van der Waals surface area (Å²) >= 11 is 0. The molecule has 1 N–H and O–H groups in total. The molecule has 0 unspecified atom stereocenters. The number of alkyl halides is 3. The predicted octanol–water partition coefficient (Wildman–Crippen LogP) is 0.631. The van der Waals surface area contributed by atoms with Crippen LogP contribution in [-0.2, 0) is 32.1 Å². The van der Waals surface area contributed by atoms with Gasteiger partial charge in [-0.25, -0.2) is 4.79 Å². The van der Waals surface area contributed by atoms with Gasteiger partial charge in [-0.1, -0.05) is 0 Å². The van der Waals surface area contributed by atoms with Gasteiger partial charge >= 0.3 is 12.1 Å². The van der Waals surface area contributed by atoms with Crippen LogP contribution in [0.1, 0.15) is 0 Å². The summed E-state index contributed by atoms with van der Waals surface area (Å²) in [5.74, 6) is -2.76. The quantitative estimate of drug-likeness (QED) is 0.615.